The van der Waals surface area contributed by atoms with Gasteiger partial charge in [0.15, 0.2) is 0 Å². The van der Waals surface area contributed by atoms with Crippen LogP contribution in [0.5, 0.6) is 5.75 Å². The number of nitrogens with one attached hydrogen (secondary N) is 2. The molecule has 1 fully saturated rings. The van der Waals surface area contributed by atoms with Crippen LogP contribution in [-0.4, -0.2) is 25.1 Å². The van der Waals surface area contributed by atoms with Gasteiger partial charge in [0.25, 0.3) is 0 Å². The minimum Gasteiger partial charge on any atom is -0.489 e. The Bertz CT molecular complexity index is 432. The van der Waals surface area contributed by atoms with Crippen molar-refractivity contribution >= 4 is 24.0 Å². The monoisotopic (exact) mass is 298 g/mol. The van der Waals surface area contributed by atoms with Crippen LogP contribution in [0.1, 0.15) is 26.7 Å². The molecule has 2 rings (SSSR count). The lowest BCUT2D eigenvalue weighted by atomic mass is 9.99. The molecule has 1 aliphatic rings. The summed E-state index contributed by atoms with van der Waals surface area (Å²) >= 11 is 0. The van der Waals surface area contributed by atoms with E-state index in [-0.39, 0.29) is 30.3 Å². The number of benzene rings is 1. The molecule has 0 spiro atoms. The second kappa shape index (κ2) is 8.12. The number of ether oxygens (including phenoxy) is 1. The molecule has 1 amide bonds. The van der Waals surface area contributed by atoms with Crippen LogP contribution in [0.3, 0.4) is 0 Å². The maximum absolute atomic E-state index is 12.2. The molecule has 1 saturated heterocycles. The van der Waals surface area contributed by atoms with Gasteiger partial charge in [-0.05, 0) is 45.4 Å². The molecule has 4 nitrogen and oxygen atoms in total. The number of amides is 1. The van der Waals surface area contributed by atoms with E-state index in [0.29, 0.717) is 0 Å². The van der Waals surface area contributed by atoms with E-state index in [0.717, 1.165) is 37.4 Å². The molecule has 20 heavy (non-hydrogen) atoms. The Morgan fingerprint density at radius 1 is 1.40 bits per heavy atom. The summed E-state index contributed by atoms with van der Waals surface area (Å²) in [7, 11) is 0. The molecule has 0 radical (unpaired) electrons. The lowest BCUT2D eigenvalue weighted by molar-refractivity contribution is -0.120. The predicted octanol–water partition coefficient (Wildman–Crippen LogP) is 2.83. The largest absolute Gasteiger partial charge is 0.489 e. The highest BCUT2D eigenvalue weighted by Gasteiger charge is 2.21. The molecule has 112 valence electrons. The van der Waals surface area contributed by atoms with Crippen LogP contribution in [0.15, 0.2) is 24.3 Å². The molecule has 0 aliphatic carbocycles. The number of piperidine rings is 1. The Labute approximate surface area is 126 Å². The number of anilines is 1. The van der Waals surface area contributed by atoms with E-state index in [1.54, 1.807) is 0 Å². The second-order valence-corrected chi connectivity index (χ2v) is 5.20. The third kappa shape index (κ3) is 4.69. The Morgan fingerprint density at radius 2 is 2.15 bits per heavy atom. The first-order chi connectivity index (χ1) is 9.16. The minimum atomic E-state index is 0. The molecule has 1 aromatic rings. The number of para-hydroxylation sites is 2. The smallest absolute Gasteiger partial charge is 0.228 e. The zero-order valence-corrected chi connectivity index (χ0v) is 12.8. The minimum absolute atomic E-state index is 0. The van der Waals surface area contributed by atoms with Crippen molar-refractivity contribution < 1.29 is 9.53 Å². The van der Waals surface area contributed by atoms with Gasteiger partial charge in [0.2, 0.25) is 5.91 Å². The summed E-state index contributed by atoms with van der Waals surface area (Å²) in [5.41, 5.74) is 0.756. The standard InChI is InChI=1S/C15H22N2O2.ClH/c1-11(2)19-14-8-4-3-7-13(14)17-15(18)12-6-5-9-16-10-12;/h3-4,7-8,11-12,16H,5-6,9-10H2,1-2H3,(H,17,18);1H. The van der Waals surface area contributed by atoms with Crippen LogP contribution >= 0.6 is 12.4 Å². The maximum atomic E-state index is 12.2. The quantitative estimate of drug-likeness (QED) is 0.899. The SMILES string of the molecule is CC(C)Oc1ccccc1NC(=O)C1CCCNC1.Cl. The third-order valence-corrected chi connectivity index (χ3v) is 3.18. The average Bonchev–Trinajstić information content (AvgIpc) is 2.41. The summed E-state index contributed by atoms with van der Waals surface area (Å²) < 4.78 is 5.70. The van der Waals surface area contributed by atoms with Crippen LogP contribution in [0.2, 0.25) is 0 Å². The summed E-state index contributed by atoms with van der Waals surface area (Å²) in [5.74, 6) is 0.863. The van der Waals surface area contributed by atoms with E-state index < -0.39 is 0 Å². The molecule has 1 atom stereocenters. The molecule has 0 saturated carbocycles. The number of hydrogen-bond acceptors (Lipinski definition) is 3. The van der Waals surface area contributed by atoms with E-state index >= 15 is 0 Å². The van der Waals surface area contributed by atoms with Gasteiger partial charge in [0.05, 0.1) is 17.7 Å². The number of carbonyl (C=O) groups is 1. The van der Waals surface area contributed by atoms with Gasteiger partial charge in [0.1, 0.15) is 5.75 Å². The molecule has 1 aromatic carbocycles. The van der Waals surface area contributed by atoms with Gasteiger partial charge < -0.3 is 15.4 Å². The first-order valence-corrected chi connectivity index (χ1v) is 6.94. The van der Waals surface area contributed by atoms with Crippen LogP contribution in [-0.2, 0) is 4.79 Å². The number of carbonyl (C=O) groups excluding carboxylic acids is 1. The van der Waals surface area contributed by atoms with Crippen molar-refractivity contribution in [1.29, 1.82) is 0 Å². The molecule has 1 heterocycles. The van der Waals surface area contributed by atoms with Crippen LogP contribution in [0, 0.1) is 5.92 Å². The molecular formula is C15H23ClN2O2. The van der Waals surface area contributed by atoms with Crippen molar-refractivity contribution in [2.45, 2.75) is 32.8 Å². The Hall–Kier alpha value is -1.26. The molecular weight excluding hydrogens is 276 g/mol. The maximum Gasteiger partial charge on any atom is 0.228 e. The zero-order valence-electron chi connectivity index (χ0n) is 12.0. The van der Waals surface area contributed by atoms with E-state index in [1.165, 1.54) is 0 Å². The fourth-order valence-corrected chi connectivity index (χ4v) is 2.24. The van der Waals surface area contributed by atoms with Gasteiger partial charge in [0, 0.05) is 6.54 Å². The van der Waals surface area contributed by atoms with E-state index in [9.17, 15) is 4.79 Å². The number of halogens is 1. The van der Waals surface area contributed by atoms with E-state index in [1.807, 2.05) is 38.1 Å². The molecule has 5 heteroatoms. The van der Waals surface area contributed by atoms with Crippen molar-refractivity contribution in [3.63, 3.8) is 0 Å². The lowest BCUT2D eigenvalue weighted by Gasteiger charge is -2.22. The molecule has 2 N–H and O–H groups in total. The number of hydrogen-bond donors (Lipinski definition) is 2. The van der Waals surface area contributed by atoms with Gasteiger partial charge >= 0.3 is 0 Å². The van der Waals surface area contributed by atoms with Gasteiger partial charge in [-0.1, -0.05) is 12.1 Å². The zero-order chi connectivity index (χ0) is 13.7. The van der Waals surface area contributed by atoms with Crippen molar-refractivity contribution in [3.05, 3.63) is 24.3 Å². The fourth-order valence-electron chi connectivity index (χ4n) is 2.24. The summed E-state index contributed by atoms with van der Waals surface area (Å²) in [5, 5.41) is 6.24. The van der Waals surface area contributed by atoms with Crippen LogP contribution in [0.4, 0.5) is 5.69 Å². The Morgan fingerprint density at radius 3 is 2.80 bits per heavy atom. The van der Waals surface area contributed by atoms with Crippen molar-refractivity contribution in [1.82, 2.24) is 5.32 Å². The fraction of sp³-hybridized carbons (Fsp3) is 0.533. The molecule has 0 bridgehead atoms. The molecule has 0 aromatic heterocycles. The van der Waals surface area contributed by atoms with E-state index in [2.05, 4.69) is 10.6 Å². The van der Waals surface area contributed by atoms with Gasteiger partial charge in [-0.3, -0.25) is 4.79 Å². The van der Waals surface area contributed by atoms with Gasteiger partial charge in [-0.2, -0.15) is 0 Å². The van der Waals surface area contributed by atoms with Crippen molar-refractivity contribution in [2.24, 2.45) is 5.92 Å². The number of rotatable bonds is 4. The molecule has 1 aliphatic heterocycles. The molecule has 1 unspecified atom stereocenters. The first kappa shape index (κ1) is 16.8. The van der Waals surface area contributed by atoms with Crippen molar-refractivity contribution in [3.8, 4) is 5.75 Å². The van der Waals surface area contributed by atoms with Crippen LogP contribution in [0.25, 0.3) is 0 Å². The van der Waals surface area contributed by atoms with E-state index in [4.69, 9.17) is 4.74 Å². The summed E-state index contributed by atoms with van der Waals surface area (Å²) in [6.07, 6.45) is 2.10. The highest BCUT2D eigenvalue weighted by Crippen LogP contribution is 2.26. The average molecular weight is 299 g/mol. The summed E-state index contributed by atoms with van der Waals surface area (Å²) in [4.78, 5) is 12.2. The van der Waals surface area contributed by atoms with Crippen LogP contribution < -0.4 is 15.4 Å². The summed E-state index contributed by atoms with van der Waals surface area (Å²) in [6, 6.07) is 7.58. The summed E-state index contributed by atoms with van der Waals surface area (Å²) in [6.45, 7) is 5.73. The first-order valence-electron chi connectivity index (χ1n) is 6.94. The predicted molar refractivity (Wildman–Crippen MR) is 83.7 cm³/mol. The van der Waals surface area contributed by atoms with Gasteiger partial charge in [-0.15, -0.1) is 12.4 Å². The third-order valence-electron chi connectivity index (χ3n) is 3.18. The highest BCUT2D eigenvalue weighted by molar-refractivity contribution is 5.94. The highest BCUT2D eigenvalue weighted by atomic mass is 35.5. The van der Waals surface area contributed by atoms with Gasteiger partial charge in [-0.25, -0.2) is 0 Å². The van der Waals surface area contributed by atoms with Crippen molar-refractivity contribution in [2.75, 3.05) is 18.4 Å². The normalized spacial score (nSPS) is 18.2. The second-order valence-electron chi connectivity index (χ2n) is 5.20. The topological polar surface area (TPSA) is 50.4 Å². The Balaban J connectivity index is 0.00000200. The lowest BCUT2D eigenvalue weighted by Crippen LogP contribution is -2.37. The Kier molecular flexibility index (Phi) is 6.82.